The summed E-state index contributed by atoms with van der Waals surface area (Å²) >= 11 is 5.03. The minimum absolute atomic E-state index is 0.0365. The van der Waals surface area contributed by atoms with Crippen LogP contribution in [0.15, 0.2) is 82.6 Å². The normalized spacial score (nSPS) is 12.9. The summed E-state index contributed by atoms with van der Waals surface area (Å²) in [5, 5.41) is 21.6. The zero-order valence-electron chi connectivity index (χ0n) is 23.5. The maximum Gasteiger partial charge on any atom is 0.174 e. The van der Waals surface area contributed by atoms with Crippen LogP contribution in [0.2, 0.25) is 0 Å². The Hall–Kier alpha value is -4.80. The second-order valence-electron chi connectivity index (χ2n) is 10.00. The number of methoxy groups -OCH3 is 2. The van der Waals surface area contributed by atoms with E-state index in [9.17, 15) is 19.8 Å². The van der Waals surface area contributed by atoms with Crippen molar-refractivity contribution in [1.82, 2.24) is 0 Å². The minimum Gasteiger partial charge on any atom is -0.508 e. The minimum atomic E-state index is -0.267. The predicted octanol–water partition coefficient (Wildman–Crippen LogP) is 8.35. The first-order valence-electron chi connectivity index (χ1n) is 13.4. The summed E-state index contributed by atoms with van der Waals surface area (Å²) in [5.41, 5.74) is 3.16. The van der Waals surface area contributed by atoms with Crippen LogP contribution in [0, 0.1) is 0 Å². The number of hydrogen-bond acceptors (Lipinski definition) is 9. The third-order valence-electron chi connectivity index (χ3n) is 7.16. The molecule has 0 atom stereocenters. The van der Waals surface area contributed by atoms with Gasteiger partial charge in [0, 0.05) is 57.6 Å². The highest BCUT2D eigenvalue weighted by molar-refractivity contribution is 9.10. The third-order valence-corrected chi connectivity index (χ3v) is 8.58. The van der Waals surface area contributed by atoms with Gasteiger partial charge in [-0.3, -0.25) is 9.59 Å². The first kappa shape index (κ1) is 29.3. The number of rotatable bonds is 3. The lowest BCUT2D eigenvalue weighted by Crippen LogP contribution is -2.05. The number of phenolic OH excluding ortho intramolecular Hbond substituents is 2. The number of fused-ring (bicyclic) bond motifs is 4. The number of hydrogen-bond donors (Lipinski definition) is 2. The fourth-order valence-electron chi connectivity index (χ4n) is 5.07. The molecule has 0 saturated carbocycles. The number of aromatic hydroxyl groups is 2. The van der Waals surface area contributed by atoms with Gasteiger partial charge in [0.15, 0.2) is 11.6 Å². The van der Waals surface area contributed by atoms with E-state index >= 15 is 0 Å². The molecule has 0 radical (unpaired) electrons. The first-order chi connectivity index (χ1) is 21.2. The summed E-state index contributed by atoms with van der Waals surface area (Å²) in [6, 6.07) is 21.2. The van der Waals surface area contributed by atoms with Crippen LogP contribution in [0.25, 0.3) is 10.4 Å². The quantitative estimate of drug-likeness (QED) is 0.197. The average molecular weight is 674 g/mol. The molecule has 3 heterocycles. The van der Waals surface area contributed by atoms with Crippen molar-refractivity contribution in [1.29, 1.82) is 0 Å². The lowest BCUT2D eigenvalue weighted by Gasteiger charge is -2.13. The van der Waals surface area contributed by atoms with Gasteiger partial charge in [-0.2, -0.15) is 0 Å². The molecule has 0 aliphatic carbocycles. The van der Waals surface area contributed by atoms with Crippen LogP contribution in [0.3, 0.4) is 0 Å². The van der Waals surface area contributed by atoms with Crippen LogP contribution in [-0.2, 0) is 12.8 Å². The Morgan fingerprint density at radius 2 is 1.43 bits per heavy atom. The van der Waals surface area contributed by atoms with Crippen LogP contribution in [0.4, 0.5) is 0 Å². The predicted molar refractivity (Wildman–Crippen MR) is 169 cm³/mol. The standard InChI is InChI=1S/C18H12O4S.C16H13BrO4/c19-12-8-14(21)18-13(20)6-10-3-4-11(17-2-1-5-23-17)7-15(10)22-16(18)9-12;1-19-11-7-14(20-2)16-12(18)5-9-3-4-10(17)6-13(9)21-15(16)8-11/h1-5,7-9,19,21H,6H2;3-4,6-8H,5H2,1-2H3. The maximum atomic E-state index is 12.5. The van der Waals surface area contributed by atoms with Gasteiger partial charge in [-0.05, 0) is 35.2 Å². The van der Waals surface area contributed by atoms with Gasteiger partial charge in [-0.1, -0.05) is 40.2 Å². The molecule has 0 amide bonds. The highest BCUT2D eigenvalue weighted by Gasteiger charge is 2.27. The number of thiophene rings is 1. The molecular formula is C34H25BrO8S. The van der Waals surface area contributed by atoms with Crippen molar-refractivity contribution in [2.24, 2.45) is 0 Å². The molecule has 2 aliphatic heterocycles. The molecule has 0 bridgehead atoms. The van der Waals surface area contributed by atoms with E-state index in [2.05, 4.69) is 15.9 Å². The largest absolute Gasteiger partial charge is 0.508 e. The summed E-state index contributed by atoms with van der Waals surface area (Å²) in [6.45, 7) is 0. The number of carbonyl (C=O) groups excluding carboxylic acids is 2. The summed E-state index contributed by atoms with van der Waals surface area (Å²) in [5.74, 6) is 2.20. The van der Waals surface area contributed by atoms with Gasteiger partial charge >= 0.3 is 0 Å². The van der Waals surface area contributed by atoms with E-state index in [1.54, 1.807) is 30.6 Å². The number of ketones is 2. The van der Waals surface area contributed by atoms with Crippen LogP contribution >= 0.6 is 27.3 Å². The fourth-order valence-corrected chi connectivity index (χ4v) is 6.13. The summed E-state index contributed by atoms with van der Waals surface area (Å²) < 4.78 is 23.2. The number of halogens is 1. The molecule has 7 rings (SSSR count). The molecule has 0 saturated heterocycles. The molecule has 1 aromatic heterocycles. The number of carbonyl (C=O) groups is 2. The second kappa shape index (κ2) is 12.1. The van der Waals surface area contributed by atoms with Gasteiger partial charge in [0.25, 0.3) is 0 Å². The van der Waals surface area contributed by atoms with Gasteiger partial charge in [-0.15, -0.1) is 11.3 Å². The second-order valence-corrected chi connectivity index (χ2v) is 11.9. The fraction of sp³-hybridized carbons (Fsp3) is 0.118. The molecule has 44 heavy (non-hydrogen) atoms. The number of ether oxygens (including phenoxy) is 4. The third kappa shape index (κ3) is 5.73. The van der Waals surface area contributed by atoms with Crippen LogP contribution in [-0.4, -0.2) is 36.0 Å². The molecule has 2 N–H and O–H groups in total. The number of phenols is 2. The van der Waals surface area contributed by atoms with Gasteiger partial charge in [-0.25, -0.2) is 0 Å². The van der Waals surface area contributed by atoms with E-state index in [1.165, 1.54) is 13.2 Å². The maximum absolute atomic E-state index is 12.5. The van der Waals surface area contributed by atoms with E-state index in [0.29, 0.717) is 34.3 Å². The van der Waals surface area contributed by atoms with Gasteiger partial charge < -0.3 is 29.2 Å². The van der Waals surface area contributed by atoms with Crippen molar-refractivity contribution < 1.29 is 38.7 Å². The van der Waals surface area contributed by atoms with E-state index in [-0.39, 0.29) is 47.2 Å². The SMILES string of the molecule is COc1cc(OC)c2c(c1)Oc1cc(Br)ccc1CC2=O.O=C1Cc2ccc(-c3cccs3)cc2Oc2cc(O)cc(O)c21. The van der Waals surface area contributed by atoms with Gasteiger partial charge in [0.2, 0.25) is 0 Å². The molecular weight excluding hydrogens is 648 g/mol. The Balaban J connectivity index is 0.000000157. The Morgan fingerprint density at radius 3 is 2.11 bits per heavy atom. The van der Waals surface area contributed by atoms with E-state index < -0.39 is 0 Å². The Kier molecular flexibility index (Phi) is 8.03. The Morgan fingerprint density at radius 1 is 0.750 bits per heavy atom. The summed E-state index contributed by atoms with van der Waals surface area (Å²) in [4.78, 5) is 26.0. The number of Topliss-reactive ketones (excluding diaryl/α,β-unsaturated/α-hetero) is 2. The zero-order chi connectivity index (χ0) is 31.0. The van der Waals surface area contributed by atoms with Crippen LogP contribution in [0.5, 0.6) is 46.0 Å². The van der Waals surface area contributed by atoms with Gasteiger partial charge in [0.1, 0.15) is 57.1 Å². The first-order valence-corrected chi connectivity index (χ1v) is 15.1. The van der Waals surface area contributed by atoms with Crippen molar-refractivity contribution in [3.8, 4) is 56.4 Å². The molecule has 0 fully saturated rings. The van der Waals surface area contributed by atoms with E-state index in [0.717, 1.165) is 32.1 Å². The Labute approximate surface area is 265 Å². The van der Waals surface area contributed by atoms with Crippen LogP contribution < -0.4 is 18.9 Å². The van der Waals surface area contributed by atoms with Crippen molar-refractivity contribution in [2.45, 2.75) is 12.8 Å². The lowest BCUT2D eigenvalue weighted by molar-refractivity contribution is 0.0982. The zero-order valence-corrected chi connectivity index (χ0v) is 26.0. The van der Waals surface area contributed by atoms with Gasteiger partial charge in [0.05, 0.1) is 14.2 Å². The molecule has 8 nitrogen and oxygen atoms in total. The highest BCUT2D eigenvalue weighted by Crippen LogP contribution is 2.43. The smallest absolute Gasteiger partial charge is 0.174 e. The van der Waals surface area contributed by atoms with E-state index in [1.807, 2.05) is 53.9 Å². The monoisotopic (exact) mass is 672 g/mol. The topological polar surface area (TPSA) is 112 Å². The lowest BCUT2D eigenvalue weighted by atomic mass is 10.0. The van der Waals surface area contributed by atoms with Crippen molar-refractivity contribution in [3.05, 3.63) is 105 Å². The molecule has 5 aromatic rings. The average Bonchev–Trinajstić information content (AvgIpc) is 3.44. The van der Waals surface area contributed by atoms with Crippen molar-refractivity contribution in [3.63, 3.8) is 0 Å². The molecule has 2 aliphatic rings. The number of benzene rings is 4. The molecule has 10 heteroatoms. The molecule has 222 valence electrons. The van der Waals surface area contributed by atoms with Crippen LogP contribution in [0.1, 0.15) is 31.8 Å². The Bertz CT molecular complexity index is 1920. The highest BCUT2D eigenvalue weighted by atomic mass is 79.9. The van der Waals surface area contributed by atoms with Crippen molar-refractivity contribution >= 4 is 38.8 Å². The van der Waals surface area contributed by atoms with Crippen molar-refractivity contribution in [2.75, 3.05) is 14.2 Å². The molecule has 0 unspecified atom stereocenters. The summed E-state index contributed by atoms with van der Waals surface area (Å²) in [6.07, 6.45) is 0.420. The molecule has 0 spiro atoms. The molecule has 4 aromatic carbocycles. The summed E-state index contributed by atoms with van der Waals surface area (Å²) in [7, 11) is 3.08. The van der Waals surface area contributed by atoms with E-state index in [4.69, 9.17) is 18.9 Å².